The van der Waals surface area contributed by atoms with Gasteiger partial charge in [-0.3, -0.25) is 4.79 Å². The van der Waals surface area contributed by atoms with Gasteiger partial charge in [0.1, 0.15) is 5.75 Å². The Kier molecular flexibility index (Phi) is 8.27. The second kappa shape index (κ2) is 10.8. The minimum atomic E-state index is -2.11. The molecule has 0 fully saturated rings. The fourth-order valence-electron chi connectivity index (χ4n) is 5.11. The van der Waals surface area contributed by atoms with Crippen molar-refractivity contribution in [2.45, 2.75) is 65.1 Å². The van der Waals surface area contributed by atoms with E-state index in [-0.39, 0.29) is 5.78 Å². The molecular weight excluding hydrogens is 458 g/mol. The number of hydrogen-bond acceptors (Lipinski definition) is 3. The first kappa shape index (κ1) is 26.0. The molecular formula is C29H36ClNO2Si. The summed E-state index contributed by atoms with van der Waals surface area (Å²) in [6.07, 6.45) is 0. The third-order valence-electron chi connectivity index (χ3n) is 6.76. The SMILES string of the molecule is Cc1ccccc1C(=O)c1ccc(Nc2ccccc2O[Si](C(C)C)(C(C)C)C(C)C)cc1Cl. The first-order valence-electron chi connectivity index (χ1n) is 12.0. The number of carbonyl (C=O) groups is 1. The Labute approximate surface area is 210 Å². The number of ketones is 1. The first-order chi connectivity index (χ1) is 16.1. The van der Waals surface area contributed by atoms with E-state index in [4.69, 9.17) is 16.0 Å². The number of aryl methyl sites for hydroxylation is 1. The number of para-hydroxylation sites is 2. The van der Waals surface area contributed by atoms with Crippen molar-refractivity contribution in [3.63, 3.8) is 0 Å². The summed E-state index contributed by atoms with van der Waals surface area (Å²) in [7, 11) is -2.11. The molecule has 0 radical (unpaired) electrons. The molecule has 5 heteroatoms. The highest BCUT2D eigenvalue weighted by Crippen LogP contribution is 2.44. The molecule has 0 amide bonds. The maximum atomic E-state index is 13.0. The molecule has 0 aliphatic rings. The third-order valence-corrected chi connectivity index (χ3v) is 13.1. The number of benzene rings is 3. The lowest BCUT2D eigenvalue weighted by molar-refractivity contribution is 0.103. The Bertz CT molecular complexity index is 1130. The van der Waals surface area contributed by atoms with Gasteiger partial charge in [0.2, 0.25) is 0 Å². The van der Waals surface area contributed by atoms with Crippen molar-refractivity contribution in [2.75, 3.05) is 5.32 Å². The predicted molar refractivity (Wildman–Crippen MR) is 147 cm³/mol. The predicted octanol–water partition coefficient (Wildman–Crippen LogP) is 9.18. The van der Waals surface area contributed by atoms with E-state index in [1.807, 2.05) is 67.6 Å². The Hall–Kier alpha value is -2.56. The molecule has 0 aromatic heterocycles. The summed E-state index contributed by atoms with van der Waals surface area (Å²) < 4.78 is 6.94. The van der Waals surface area contributed by atoms with Crippen molar-refractivity contribution >= 4 is 37.1 Å². The van der Waals surface area contributed by atoms with E-state index >= 15 is 0 Å². The van der Waals surface area contributed by atoms with E-state index in [1.54, 1.807) is 6.07 Å². The Balaban J connectivity index is 1.91. The summed E-state index contributed by atoms with van der Waals surface area (Å²) in [5, 5.41) is 3.89. The van der Waals surface area contributed by atoms with Crippen LogP contribution in [-0.2, 0) is 0 Å². The van der Waals surface area contributed by atoms with Crippen molar-refractivity contribution in [3.8, 4) is 5.75 Å². The zero-order valence-corrected chi connectivity index (χ0v) is 23.0. The average Bonchev–Trinajstić information content (AvgIpc) is 2.77. The van der Waals surface area contributed by atoms with Crippen LogP contribution in [0.4, 0.5) is 11.4 Å². The average molecular weight is 494 g/mol. The molecule has 34 heavy (non-hydrogen) atoms. The minimum Gasteiger partial charge on any atom is -0.541 e. The normalized spacial score (nSPS) is 11.9. The lowest BCUT2D eigenvalue weighted by Crippen LogP contribution is -2.50. The van der Waals surface area contributed by atoms with Crippen LogP contribution in [0.5, 0.6) is 5.75 Å². The zero-order chi connectivity index (χ0) is 25.0. The highest BCUT2D eigenvalue weighted by Gasteiger charge is 2.47. The second-order valence-electron chi connectivity index (χ2n) is 9.88. The quantitative estimate of drug-likeness (QED) is 0.238. The zero-order valence-electron chi connectivity index (χ0n) is 21.3. The van der Waals surface area contributed by atoms with E-state index in [0.717, 1.165) is 22.7 Å². The van der Waals surface area contributed by atoms with Gasteiger partial charge in [0.15, 0.2) is 5.78 Å². The molecule has 0 saturated carbocycles. The van der Waals surface area contributed by atoms with Gasteiger partial charge in [-0.2, -0.15) is 0 Å². The standard InChI is InChI=1S/C29H36ClNO2Si/c1-19(2)34(20(3)4,21(5)6)33-28-15-11-10-14-27(28)31-23-16-17-25(26(30)18-23)29(32)24-13-9-8-12-22(24)7/h8-21,31H,1-7H3. The van der Waals surface area contributed by atoms with Crippen molar-refractivity contribution in [2.24, 2.45) is 0 Å². The molecule has 3 nitrogen and oxygen atoms in total. The summed E-state index contributed by atoms with van der Waals surface area (Å²) >= 11 is 6.58. The topological polar surface area (TPSA) is 38.3 Å². The number of rotatable bonds is 9. The molecule has 0 aliphatic heterocycles. The van der Waals surface area contributed by atoms with E-state index in [2.05, 4.69) is 46.9 Å². The van der Waals surface area contributed by atoms with Gasteiger partial charge in [-0.15, -0.1) is 0 Å². The molecule has 180 valence electrons. The fraction of sp³-hybridized carbons (Fsp3) is 0.345. The fourth-order valence-corrected chi connectivity index (χ4v) is 10.6. The lowest BCUT2D eigenvalue weighted by Gasteiger charge is -2.42. The van der Waals surface area contributed by atoms with Crippen LogP contribution >= 0.6 is 11.6 Å². The summed E-state index contributed by atoms with van der Waals surface area (Å²) in [5.41, 5.74) is 5.23. The van der Waals surface area contributed by atoms with Crippen LogP contribution in [0.25, 0.3) is 0 Å². The van der Waals surface area contributed by atoms with Gasteiger partial charge in [0.25, 0.3) is 8.32 Å². The second-order valence-corrected chi connectivity index (χ2v) is 15.7. The minimum absolute atomic E-state index is 0.0695. The first-order valence-corrected chi connectivity index (χ1v) is 14.5. The van der Waals surface area contributed by atoms with E-state index in [0.29, 0.717) is 32.8 Å². The summed E-state index contributed by atoms with van der Waals surface area (Å²) in [5.74, 6) is 0.793. The van der Waals surface area contributed by atoms with Crippen molar-refractivity contribution in [3.05, 3.63) is 88.4 Å². The largest absolute Gasteiger partial charge is 0.541 e. The van der Waals surface area contributed by atoms with Crippen molar-refractivity contribution < 1.29 is 9.22 Å². The van der Waals surface area contributed by atoms with Crippen LogP contribution in [0.2, 0.25) is 21.6 Å². The molecule has 0 spiro atoms. The number of anilines is 2. The van der Waals surface area contributed by atoms with E-state index < -0.39 is 8.32 Å². The number of nitrogens with one attached hydrogen (secondary N) is 1. The molecule has 0 aliphatic carbocycles. The highest BCUT2D eigenvalue weighted by molar-refractivity contribution is 6.78. The molecule has 0 saturated heterocycles. The van der Waals surface area contributed by atoms with Gasteiger partial charge in [0.05, 0.1) is 10.7 Å². The molecule has 3 aromatic carbocycles. The van der Waals surface area contributed by atoms with Crippen molar-refractivity contribution in [1.29, 1.82) is 0 Å². The smallest absolute Gasteiger partial charge is 0.258 e. The summed E-state index contributed by atoms with van der Waals surface area (Å²) in [6.45, 7) is 15.6. The molecule has 0 heterocycles. The monoisotopic (exact) mass is 493 g/mol. The Morgan fingerprint density at radius 1 is 0.824 bits per heavy atom. The molecule has 3 aromatic rings. The summed E-state index contributed by atoms with van der Waals surface area (Å²) in [6, 6.07) is 21.1. The van der Waals surface area contributed by atoms with Crippen molar-refractivity contribution in [1.82, 2.24) is 0 Å². The maximum absolute atomic E-state index is 13.0. The van der Waals surface area contributed by atoms with Gasteiger partial charge in [-0.05, 0) is 59.4 Å². The third kappa shape index (κ3) is 5.23. The number of hydrogen-bond donors (Lipinski definition) is 1. The molecule has 0 unspecified atom stereocenters. The van der Waals surface area contributed by atoms with Gasteiger partial charge >= 0.3 is 0 Å². The molecule has 0 atom stereocenters. The summed E-state index contributed by atoms with van der Waals surface area (Å²) in [4.78, 5) is 13.0. The molecule has 0 bridgehead atoms. The van der Waals surface area contributed by atoms with Crippen LogP contribution in [0, 0.1) is 6.92 Å². The van der Waals surface area contributed by atoms with Crippen LogP contribution < -0.4 is 9.74 Å². The highest BCUT2D eigenvalue weighted by atomic mass is 35.5. The Morgan fingerprint density at radius 2 is 1.41 bits per heavy atom. The molecule has 3 rings (SSSR count). The van der Waals surface area contributed by atoms with E-state index in [9.17, 15) is 4.79 Å². The lowest BCUT2D eigenvalue weighted by atomic mass is 9.99. The van der Waals surface area contributed by atoms with Crippen LogP contribution in [0.15, 0.2) is 66.7 Å². The molecule has 1 N–H and O–H groups in total. The Morgan fingerprint density at radius 3 is 2.00 bits per heavy atom. The van der Waals surface area contributed by atoms with E-state index in [1.165, 1.54) is 0 Å². The maximum Gasteiger partial charge on any atom is 0.258 e. The van der Waals surface area contributed by atoms with Crippen LogP contribution in [-0.4, -0.2) is 14.1 Å². The van der Waals surface area contributed by atoms with Crippen LogP contribution in [0.1, 0.15) is 63.0 Å². The number of halogens is 1. The van der Waals surface area contributed by atoms with Gasteiger partial charge in [-0.1, -0.05) is 89.5 Å². The van der Waals surface area contributed by atoms with Gasteiger partial charge in [-0.25, -0.2) is 0 Å². The number of carbonyl (C=O) groups excluding carboxylic acids is 1. The van der Waals surface area contributed by atoms with Gasteiger partial charge < -0.3 is 9.74 Å². The van der Waals surface area contributed by atoms with Gasteiger partial charge in [0, 0.05) is 16.8 Å². The van der Waals surface area contributed by atoms with Crippen LogP contribution in [0.3, 0.4) is 0 Å².